The summed E-state index contributed by atoms with van der Waals surface area (Å²) < 4.78 is 0. The Balaban J connectivity index is 2.11. The van der Waals surface area contributed by atoms with Gasteiger partial charge in [-0.15, -0.1) is 0 Å². The Morgan fingerprint density at radius 2 is 2.00 bits per heavy atom. The summed E-state index contributed by atoms with van der Waals surface area (Å²) >= 11 is 0. The van der Waals surface area contributed by atoms with Crippen LogP contribution in [0.5, 0.6) is 0 Å². The molecular formula is C8H18N2. The molecular weight excluding hydrogens is 124 g/mol. The van der Waals surface area contributed by atoms with Crippen LogP contribution in [-0.2, 0) is 0 Å². The first-order valence-corrected chi connectivity index (χ1v) is 4.22. The normalized spacial score (nSPS) is 23.4. The van der Waals surface area contributed by atoms with E-state index in [1.54, 1.807) is 0 Å². The van der Waals surface area contributed by atoms with Crippen LogP contribution >= 0.6 is 0 Å². The third-order valence-corrected chi connectivity index (χ3v) is 2.22. The zero-order valence-electron chi connectivity index (χ0n) is 7.06. The standard InChI is InChI=1S/C8H18N2/c1-8(9-2)7-10-5-3-4-6-10/h8-9H,3-7H2,1-2H3. The van der Waals surface area contributed by atoms with Crippen LogP contribution in [0.1, 0.15) is 19.8 Å². The number of hydrogen-bond acceptors (Lipinski definition) is 2. The lowest BCUT2D eigenvalue weighted by Gasteiger charge is -2.19. The maximum absolute atomic E-state index is 3.25. The van der Waals surface area contributed by atoms with Crippen LogP contribution in [0.4, 0.5) is 0 Å². The maximum atomic E-state index is 3.25. The summed E-state index contributed by atoms with van der Waals surface area (Å²) in [6.07, 6.45) is 2.80. The Kier molecular flexibility index (Phi) is 3.16. The van der Waals surface area contributed by atoms with Crippen LogP contribution in [-0.4, -0.2) is 37.6 Å². The van der Waals surface area contributed by atoms with Crippen molar-refractivity contribution in [2.75, 3.05) is 26.7 Å². The molecule has 0 spiro atoms. The molecule has 0 bridgehead atoms. The van der Waals surface area contributed by atoms with Crippen LogP contribution in [0.3, 0.4) is 0 Å². The second-order valence-corrected chi connectivity index (χ2v) is 3.20. The Bertz CT molecular complexity index is 87.3. The van der Waals surface area contributed by atoms with Crippen molar-refractivity contribution < 1.29 is 0 Å². The predicted molar refractivity (Wildman–Crippen MR) is 44.2 cm³/mol. The minimum atomic E-state index is 0.651. The third kappa shape index (κ3) is 2.27. The fourth-order valence-corrected chi connectivity index (χ4v) is 1.44. The van der Waals surface area contributed by atoms with Gasteiger partial charge in [0.15, 0.2) is 0 Å². The van der Waals surface area contributed by atoms with Gasteiger partial charge in [0.25, 0.3) is 0 Å². The monoisotopic (exact) mass is 142 g/mol. The average molecular weight is 142 g/mol. The Labute approximate surface area is 63.6 Å². The van der Waals surface area contributed by atoms with Crippen LogP contribution in [0.15, 0.2) is 0 Å². The van der Waals surface area contributed by atoms with Crippen LogP contribution < -0.4 is 5.32 Å². The van der Waals surface area contributed by atoms with Crippen LogP contribution in [0.25, 0.3) is 0 Å². The molecule has 0 aliphatic carbocycles. The summed E-state index contributed by atoms with van der Waals surface area (Å²) in [6.45, 7) is 6.08. The lowest BCUT2D eigenvalue weighted by molar-refractivity contribution is 0.305. The number of likely N-dealkylation sites (N-methyl/N-ethyl adjacent to an activating group) is 1. The third-order valence-electron chi connectivity index (χ3n) is 2.22. The zero-order valence-corrected chi connectivity index (χ0v) is 7.06. The van der Waals surface area contributed by atoms with Crippen molar-refractivity contribution in [2.45, 2.75) is 25.8 Å². The molecule has 10 heavy (non-hydrogen) atoms. The Morgan fingerprint density at radius 3 is 2.50 bits per heavy atom. The first kappa shape index (κ1) is 8.02. The molecule has 0 aromatic heterocycles. The van der Waals surface area contributed by atoms with E-state index >= 15 is 0 Å². The highest BCUT2D eigenvalue weighted by Crippen LogP contribution is 2.06. The van der Waals surface area contributed by atoms with Gasteiger partial charge in [-0.25, -0.2) is 0 Å². The lowest BCUT2D eigenvalue weighted by atomic mass is 10.3. The topological polar surface area (TPSA) is 15.3 Å². The Hall–Kier alpha value is -0.0800. The highest BCUT2D eigenvalue weighted by atomic mass is 15.2. The molecule has 0 amide bonds. The Morgan fingerprint density at radius 1 is 1.40 bits per heavy atom. The molecule has 1 N–H and O–H groups in total. The fourth-order valence-electron chi connectivity index (χ4n) is 1.44. The molecule has 1 unspecified atom stereocenters. The molecule has 1 rings (SSSR count). The molecule has 1 saturated heterocycles. The molecule has 1 aliphatic rings. The first-order valence-electron chi connectivity index (χ1n) is 4.22. The number of likely N-dealkylation sites (tertiary alicyclic amines) is 1. The molecule has 1 fully saturated rings. The summed E-state index contributed by atoms with van der Waals surface area (Å²) in [6, 6.07) is 0.651. The van der Waals surface area contributed by atoms with Crippen molar-refractivity contribution in [2.24, 2.45) is 0 Å². The molecule has 2 heteroatoms. The van der Waals surface area contributed by atoms with Crippen LogP contribution in [0.2, 0.25) is 0 Å². The largest absolute Gasteiger partial charge is 0.316 e. The minimum absolute atomic E-state index is 0.651. The van der Waals surface area contributed by atoms with Crippen molar-refractivity contribution in [3.8, 4) is 0 Å². The fraction of sp³-hybridized carbons (Fsp3) is 1.00. The summed E-state index contributed by atoms with van der Waals surface area (Å²) in [5.41, 5.74) is 0. The zero-order chi connectivity index (χ0) is 7.40. The van der Waals surface area contributed by atoms with Crippen molar-refractivity contribution in [3.05, 3.63) is 0 Å². The van der Waals surface area contributed by atoms with Crippen molar-refractivity contribution in [3.63, 3.8) is 0 Å². The van der Waals surface area contributed by atoms with E-state index < -0.39 is 0 Å². The van der Waals surface area contributed by atoms with E-state index in [4.69, 9.17) is 0 Å². The number of nitrogens with one attached hydrogen (secondary N) is 1. The van der Waals surface area contributed by atoms with E-state index in [9.17, 15) is 0 Å². The molecule has 0 aromatic rings. The summed E-state index contributed by atoms with van der Waals surface area (Å²) in [7, 11) is 2.03. The SMILES string of the molecule is CNC(C)CN1CCCC1. The van der Waals surface area contributed by atoms with Gasteiger partial charge in [0, 0.05) is 12.6 Å². The number of hydrogen-bond donors (Lipinski definition) is 1. The molecule has 0 saturated carbocycles. The second kappa shape index (κ2) is 3.94. The molecule has 2 nitrogen and oxygen atoms in total. The number of nitrogens with zero attached hydrogens (tertiary/aromatic N) is 1. The molecule has 1 atom stereocenters. The van der Waals surface area contributed by atoms with E-state index in [2.05, 4.69) is 17.1 Å². The van der Waals surface area contributed by atoms with Gasteiger partial charge < -0.3 is 10.2 Å². The van der Waals surface area contributed by atoms with Gasteiger partial charge in [0.2, 0.25) is 0 Å². The van der Waals surface area contributed by atoms with Gasteiger partial charge in [0.05, 0.1) is 0 Å². The van der Waals surface area contributed by atoms with E-state index in [0.717, 1.165) is 0 Å². The van der Waals surface area contributed by atoms with E-state index in [0.29, 0.717) is 6.04 Å². The van der Waals surface area contributed by atoms with E-state index in [1.165, 1.54) is 32.5 Å². The van der Waals surface area contributed by atoms with Gasteiger partial charge in [-0.2, -0.15) is 0 Å². The van der Waals surface area contributed by atoms with Crippen molar-refractivity contribution >= 4 is 0 Å². The summed E-state index contributed by atoms with van der Waals surface area (Å²) in [5.74, 6) is 0. The van der Waals surface area contributed by atoms with Gasteiger partial charge in [-0.05, 0) is 39.9 Å². The van der Waals surface area contributed by atoms with E-state index in [-0.39, 0.29) is 0 Å². The highest BCUT2D eigenvalue weighted by Gasteiger charge is 2.12. The van der Waals surface area contributed by atoms with Gasteiger partial charge in [-0.3, -0.25) is 0 Å². The van der Waals surface area contributed by atoms with Gasteiger partial charge >= 0.3 is 0 Å². The summed E-state index contributed by atoms with van der Waals surface area (Å²) in [5, 5.41) is 3.25. The molecule has 0 aromatic carbocycles. The first-order chi connectivity index (χ1) is 4.83. The van der Waals surface area contributed by atoms with Crippen molar-refractivity contribution in [1.82, 2.24) is 10.2 Å². The van der Waals surface area contributed by atoms with Crippen molar-refractivity contribution in [1.29, 1.82) is 0 Å². The van der Waals surface area contributed by atoms with Gasteiger partial charge in [-0.1, -0.05) is 0 Å². The lowest BCUT2D eigenvalue weighted by Crippen LogP contribution is -2.35. The predicted octanol–water partition coefficient (Wildman–Crippen LogP) is 0.690. The maximum Gasteiger partial charge on any atom is 0.0163 e. The minimum Gasteiger partial charge on any atom is -0.316 e. The van der Waals surface area contributed by atoms with E-state index in [1.807, 2.05) is 7.05 Å². The second-order valence-electron chi connectivity index (χ2n) is 3.20. The smallest absolute Gasteiger partial charge is 0.0163 e. The molecule has 60 valence electrons. The van der Waals surface area contributed by atoms with Crippen LogP contribution in [0, 0.1) is 0 Å². The highest BCUT2D eigenvalue weighted by molar-refractivity contribution is 4.70. The molecule has 0 radical (unpaired) electrons. The average Bonchev–Trinajstić information content (AvgIpc) is 2.40. The quantitative estimate of drug-likeness (QED) is 0.623. The number of rotatable bonds is 3. The van der Waals surface area contributed by atoms with Gasteiger partial charge in [0.1, 0.15) is 0 Å². The summed E-state index contributed by atoms with van der Waals surface area (Å²) in [4.78, 5) is 2.53. The molecule has 1 heterocycles. The molecule has 1 aliphatic heterocycles.